The van der Waals surface area contributed by atoms with Crippen molar-refractivity contribution in [2.45, 2.75) is 117 Å². The van der Waals surface area contributed by atoms with Crippen LogP contribution in [-0.4, -0.2) is 52.6 Å². The molecule has 2 aliphatic rings. The van der Waals surface area contributed by atoms with Gasteiger partial charge in [0, 0.05) is 125 Å². The van der Waals surface area contributed by atoms with Crippen molar-refractivity contribution in [3.05, 3.63) is 413 Å². The Morgan fingerprint density at radius 3 is 1.52 bits per heavy atom. The summed E-state index contributed by atoms with van der Waals surface area (Å²) in [7, 11) is 0. The summed E-state index contributed by atoms with van der Waals surface area (Å²) < 4.78 is 2.44. The number of aryl methyl sites for hydroxylation is 7. The SMILES string of the molecule is CC(=O)C=C(C)O.CC(=O)C=C(C)O.CC(C)C(=O)C=C(O)C(C)C.Cc1[c-]c(-c2ccc3ccc(C)cc3n2)cc(C)c1.Cc1[c-]c(-c2ccc3ccccc3n2)cc(C)c1.Cc1cc2ccccc2[n+]2c1-c1ccccc1C2.Cc1cnc2c3[c-]cc(-c4ccccc4)cc3c3cc(-c4ccccc4)ccc3c2n1.[Ir].[Ir].[Ir].c1ccc2c(c1)Cc1ccc3ccccc3c1-2. The van der Waals surface area contributed by atoms with E-state index in [1.165, 1.54) is 162 Å². The zero-order valence-corrected chi connectivity index (χ0v) is 83.7. The summed E-state index contributed by atoms with van der Waals surface area (Å²) in [6, 6.07) is 115. The first-order valence-corrected chi connectivity index (χ1v) is 43.3. The largest absolute Gasteiger partial charge is 0.512 e. The van der Waals surface area contributed by atoms with E-state index in [-0.39, 0.29) is 107 Å². The molecule has 18 aromatic rings. The Labute approximate surface area is 810 Å². The summed E-state index contributed by atoms with van der Waals surface area (Å²) in [6.45, 7) is 28.6. The molecule has 0 atom stereocenters. The second-order valence-corrected chi connectivity index (χ2v) is 33.4. The fourth-order valence-electron chi connectivity index (χ4n) is 16.0. The van der Waals surface area contributed by atoms with Crippen molar-refractivity contribution in [3.8, 4) is 67.2 Å². The zero-order chi connectivity index (χ0) is 90.8. The van der Waals surface area contributed by atoms with Crippen molar-refractivity contribution in [1.29, 1.82) is 0 Å². The number of carbonyl (C=O) groups excluding carboxylic acids is 3. The van der Waals surface area contributed by atoms with E-state index in [1.54, 1.807) is 0 Å². The Morgan fingerprint density at radius 1 is 0.405 bits per heavy atom. The van der Waals surface area contributed by atoms with Crippen LogP contribution in [0.1, 0.15) is 111 Å². The molecule has 0 bridgehead atoms. The maximum atomic E-state index is 11.0. The van der Waals surface area contributed by atoms with Crippen molar-refractivity contribution in [1.82, 2.24) is 19.9 Å². The van der Waals surface area contributed by atoms with Gasteiger partial charge in [-0.25, -0.2) is 0 Å². The van der Waals surface area contributed by atoms with Crippen LogP contribution in [0.4, 0.5) is 0 Å². The molecular formula is C117H107Ir3N5O6-2. The van der Waals surface area contributed by atoms with Crippen LogP contribution >= 0.6 is 0 Å². The molecule has 665 valence electrons. The van der Waals surface area contributed by atoms with Gasteiger partial charge in [-0.05, 0) is 162 Å². The molecule has 1 aliphatic heterocycles. The van der Waals surface area contributed by atoms with Crippen LogP contribution in [0.2, 0.25) is 0 Å². The molecule has 0 spiro atoms. The molecule has 3 radical (unpaired) electrons. The monoisotopic (exact) mass is 2260 g/mol. The predicted octanol–water partition coefficient (Wildman–Crippen LogP) is 28.6. The number of rotatable bonds is 9. The summed E-state index contributed by atoms with van der Waals surface area (Å²) in [5.74, 6) is 0.0356. The average Bonchev–Trinajstić information content (AvgIpc) is 1.17. The van der Waals surface area contributed by atoms with Crippen molar-refractivity contribution in [2.75, 3.05) is 0 Å². The van der Waals surface area contributed by atoms with Gasteiger partial charge < -0.3 is 20.3 Å². The van der Waals surface area contributed by atoms with E-state index in [0.717, 1.165) is 96.1 Å². The van der Waals surface area contributed by atoms with E-state index in [1.807, 2.05) is 71.1 Å². The number of pyridine rings is 3. The number of fused-ring (bicyclic) bond motifs is 18. The topological polar surface area (TPSA) is 167 Å². The van der Waals surface area contributed by atoms with Gasteiger partial charge in [-0.3, -0.25) is 29.3 Å². The smallest absolute Gasteiger partial charge is 0.216 e. The molecule has 14 heteroatoms. The molecule has 0 fully saturated rings. The molecule has 11 nitrogen and oxygen atoms in total. The molecule has 1 aliphatic carbocycles. The van der Waals surface area contributed by atoms with Gasteiger partial charge in [0.05, 0.1) is 45.1 Å². The van der Waals surface area contributed by atoms with Crippen LogP contribution in [-0.2, 0) is 87.7 Å². The number of hydrogen-bond donors (Lipinski definition) is 3. The van der Waals surface area contributed by atoms with Gasteiger partial charge >= 0.3 is 0 Å². The molecule has 0 saturated carbocycles. The number of carbonyl (C=O) groups is 3. The van der Waals surface area contributed by atoms with Gasteiger partial charge in [0.15, 0.2) is 23.9 Å². The Balaban J connectivity index is 0.000000161. The van der Waals surface area contributed by atoms with Crippen molar-refractivity contribution in [2.24, 2.45) is 11.8 Å². The van der Waals surface area contributed by atoms with Gasteiger partial charge in [0.1, 0.15) is 0 Å². The molecule has 0 amide bonds. The van der Waals surface area contributed by atoms with Crippen molar-refractivity contribution < 1.29 is 94.6 Å². The molecule has 4 aromatic heterocycles. The van der Waals surface area contributed by atoms with Gasteiger partial charge in [0.25, 0.3) is 0 Å². The summed E-state index contributed by atoms with van der Waals surface area (Å²) in [6.07, 6.45) is 6.57. The number of aromatic nitrogens is 5. The van der Waals surface area contributed by atoms with E-state index in [9.17, 15) is 19.5 Å². The molecule has 20 rings (SSSR count). The molecule has 5 heterocycles. The second-order valence-electron chi connectivity index (χ2n) is 33.4. The second kappa shape index (κ2) is 46.5. The summed E-state index contributed by atoms with van der Waals surface area (Å²) >= 11 is 0. The maximum Gasteiger partial charge on any atom is 0.216 e. The Hall–Kier alpha value is -13.0. The van der Waals surface area contributed by atoms with Gasteiger partial charge in [-0.15, -0.1) is 93.4 Å². The molecule has 131 heavy (non-hydrogen) atoms. The standard InChI is InChI=1S/C29H19N2.C18H16N.2C17H14N.C17H12.C9H16O2.2C5H8O2.3Ir/c1-19-18-30-28-24-14-12-22(20-8-4-2-5-9-20)16-26(24)27-17-23(21-10-6-3-7-11-21)13-15-25(27)29(28)31-19;1-12-4-5-15-6-7-17(19-18(15)11-12)16-9-13(2)8-14(3)10-16;1-12-10-13-6-3-5-9-16(13)18-11-14-7-2-4-8-15(14)17(12)18;1-12-9-13(2)11-15(10-12)17-8-7-14-5-3-4-6-16(14)18-17;1-3-7-15-12(5-1)9-10-14-11-13-6-2-4-8-16(13)17(14)15;1-6(2)8(10)5-9(11)7(3)4;2*1-4(6)3-5(2)7;;;/h2-13,15-18H,1H3;4-9,11H,1-3H3;2-10H,11H2,1H3;3-10H,1-2H3;1-10H,11H2;5-7,10H,1-4H3;2*3,6H,1-2H3;;;/q2*-1;+1;-1;;;;;;;. The quantitative estimate of drug-likeness (QED) is 0.0416. The number of benzene rings is 14. The Morgan fingerprint density at radius 2 is 0.924 bits per heavy atom. The molecule has 0 saturated heterocycles. The third-order valence-corrected chi connectivity index (χ3v) is 21.9. The van der Waals surface area contributed by atoms with Crippen molar-refractivity contribution in [3.63, 3.8) is 0 Å². The van der Waals surface area contributed by atoms with Gasteiger partial charge in [-0.2, -0.15) is 4.57 Å². The number of aliphatic hydroxyl groups excluding tert-OH is 3. The molecule has 14 aromatic carbocycles. The minimum atomic E-state index is -0.125. The van der Waals surface area contributed by atoms with E-state index in [4.69, 9.17) is 30.1 Å². The third kappa shape index (κ3) is 25.8. The maximum absolute atomic E-state index is 11.0. The fraction of sp³-hybridized carbons (Fsp3) is 0.162. The number of aliphatic hydroxyl groups is 3. The normalized spacial score (nSPS) is 11.4. The van der Waals surface area contributed by atoms with Gasteiger partial charge in [-0.1, -0.05) is 302 Å². The van der Waals surface area contributed by atoms with E-state index in [2.05, 4.69) is 331 Å². The summed E-state index contributed by atoms with van der Waals surface area (Å²) in [5.41, 5.74) is 32.4. The molecule has 0 unspecified atom stereocenters. The summed E-state index contributed by atoms with van der Waals surface area (Å²) in [4.78, 5) is 50.1. The Bertz CT molecular complexity index is 7190. The third-order valence-electron chi connectivity index (χ3n) is 21.9. The number of ketones is 3. The van der Waals surface area contributed by atoms with E-state index < -0.39 is 0 Å². The first-order valence-electron chi connectivity index (χ1n) is 43.3. The van der Waals surface area contributed by atoms with Crippen LogP contribution in [0.3, 0.4) is 0 Å². The minimum absolute atomic E-state index is 0. The van der Waals surface area contributed by atoms with Crippen LogP contribution in [0.25, 0.3) is 143 Å². The minimum Gasteiger partial charge on any atom is -0.512 e. The first kappa shape index (κ1) is 100. The number of allylic oxidation sites excluding steroid dienone is 6. The van der Waals surface area contributed by atoms with Gasteiger partial charge in [0.2, 0.25) is 11.2 Å². The van der Waals surface area contributed by atoms with E-state index >= 15 is 0 Å². The number of para-hydroxylation sites is 2. The average molecular weight is 2260 g/mol. The van der Waals surface area contributed by atoms with Crippen molar-refractivity contribution >= 4 is 93.4 Å². The van der Waals surface area contributed by atoms with E-state index in [0.29, 0.717) is 0 Å². The molecule has 3 N–H and O–H groups in total. The number of hydrogen-bond acceptors (Lipinski definition) is 10. The Kier molecular flexibility index (Phi) is 35.6. The van der Waals surface area contributed by atoms with Crippen LogP contribution < -0.4 is 4.57 Å². The van der Waals surface area contributed by atoms with Crippen LogP contribution in [0.15, 0.2) is 339 Å². The fourth-order valence-corrected chi connectivity index (χ4v) is 16.0. The summed E-state index contributed by atoms with van der Waals surface area (Å²) in [5, 5.41) is 36.8. The van der Waals surface area contributed by atoms with Crippen LogP contribution in [0, 0.1) is 78.5 Å². The molecular weight excluding hydrogens is 2150 g/mol. The number of nitrogens with zero attached hydrogens (tertiary/aromatic N) is 5. The van der Waals surface area contributed by atoms with Crippen LogP contribution in [0.5, 0.6) is 0 Å². The predicted molar refractivity (Wildman–Crippen MR) is 530 cm³/mol. The zero-order valence-electron chi connectivity index (χ0n) is 76.5. The first-order chi connectivity index (χ1) is 61.6.